The van der Waals surface area contributed by atoms with Crippen molar-refractivity contribution >= 4 is 12.1 Å². The van der Waals surface area contributed by atoms with Gasteiger partial charge < -0.3 is 14.2 Å². The van der Waals surface area contributed by atoms with E-state index >= 15 is 0 Å². The summed E-state index contributed by atoms with van der Waals surface area (Å²) >= 11 is 0. The zero-order valence-corrected chi connectivity index (χ0v) is 15.0. The van der Waals surface area contributed by atoms with E-state index < -0.39 is 0 Å². The van der Waals surface area contributed by atoms with Gasteiger partial charge in [-0.1, -0.05) is 23.8 Å². The minimum atomic E-state index is -0.375. The van der Waals surface area contributed by atoms with Crippen LogP contribution in [-0.4, -0.2) is 33.5 Å². The van der Waals surface area contributed by atoms with Crippen LogP contribution in [0.5, 0.6) is 17.2 Å². The fraction of sp³-hybridized carbons (Fsp3) is 0.263. The fourth-order valence-electron chi connectivity index (χ4n) is 2.41. The zero-order chi connectivity index (χ0) is 18.4. The van der Waals surface area contributed by atoms with E-state index in [4.69, 9.17) is 14.2 Å². The first kappa shape index (κ1) is 18.3. The number of carbonyl (C=O) groups excluding carboxylic acids is 1. The van der Waals surface area contributed by atoms with Gasteiger partial charge in [0, 0.05) is 5.56 Å². The molecule has 0 aliphatic carbocycles. The summed E-state index contributed by atoms with van der Waals surface area (Å²) in [5.74, 6) is 0.872. The van der Waals surface area contributed by atoms with Crippen molar-refractivity contribution in [1.82, 2.24) is 5.43 Å². The van der Waals surface area contributed by atoms with Gasteiger partial charge in [0.15, 0.2) is 11.5 Å². The monoisotopic (exact) mass is 342 g/mol. The Bertz CT molecular complexity index is 775. The molecule has 0 aliphatic heterocycles. The Morgan fingerprint density at radius 3 is 2.16 bits per heavy atom. The van der Waals surface area contributed by atoms with Crippen LogP contribution in [0.25, 0.3) is 0 Å². The van der Waals surface area contributed by atoms with Gasteiger partial charge in [-0.3, -0.25) is 4.79 Å². The first-order chi connectivity index (χ1) is 12.0. The number of carbonyl (C=O) groups is 1. The Morgan fingerprint density at radius 2 is 1.64 bits per heavy atom. The van der Waals surface area contributed by atoms with Gasteiger partial charge in [0.1, 0.15) is 0 Å². The third-order valence-electron chi connectivity index (χ3n) is 3.72. The van der Waals surface area contributed by atoms with Gasteiger partial charge >= 0.3 is 0 Å². The third kappa shape index (κ3) is 4.29. The van der Waals surface area contributed by atoms with E-state index in [1.54, 1.807) is 18.3 Å². The van der Waals surface area contributed by atoms with Gasteiger partial charge in [-0.2, -0.15) is 5.10 Å². The second kappa shape index (κ2) is 8.19. The molecule has 0 saturated carbocycles. The fourth-order valence-corrected chi connectivity index (χ4v) is 2.41. The normalized spacial score (nSPS) is 10.6. The Balaban J connectivity index is 2.19. The van der Waals surface area contributed by atoms with Crippen molar-refractivity contribution in [3.05, 3.63) is 52.6 Å². The molecule has 25 heavy (non-hydrogen) atoms. The van der Waals surface area contributed by atoms with Gasteiger partial charge in [-0.25, -0.2) is 5.43 Å². The van der Waals surface area contributed by atoms with E-state index in [9.17, 15) is 4.79 Å². The molecule has 0 spiro atoms. The molecule has 0 saturated heterocycles. The van der Waals surface area contributed by atoms with Gasteiger partial charge in [0.25, 0.3) is 5.91 Å². The number of rotatable bonds is 6. The predicted octanol–water partition coefficient (Wildman–Crippen LogP) is 3.09. The highest BCUT2D eigenvalue weighted by molar-refractivity contribution is 5.96. The number of aryl methyl sites for hydroxylation is 2. The van der Waals surface area contributed by atoms with E-state index in [0.717, 1.165) is 11.1 Å². The van der Waals surface area contributed by atoms with Crippen LogP contribution >= 0.6 is 0 Å². The number of hydrogen-bond acceptors (Lipinski definition) is 5. The number of amides is 1. The SMILES string of the molecule is COc1cc(C(=O)N/N=C/c2ccc(C)cc2C)cc(OC)c1OC. The van der Waals surface area contributed by atoms with E-state index in [2.05, 4.69) is 16.6 Å². The molecule has 2 rings (SSSR count). The smallest absolute Gasteiger partial charge is 0.271 e. The van der Waals surface area contributed by atoms with E-state index in [-0.39, 0.29) is 5.91 Å². The molecule has 1 N–H and O–H groups in total. The lowest BCUT2D eigenvalue weighted by Gasteiger charge is -2.13. The van der Waals surface area contributed by atoms with Crippen molar-refractivity contribution in [3.8, 4) is 17.2 Å². The Kier molecular flexibility index (Phi) is 6.00. The number of nitrogens with one attached hydrogen (secondary N) is 1. The molecular formula is C19H22N2O4. The molecule has 6 heteroatoms. The van der Waals surface area contributed by atoms with E-state index in [0.29, 0.717) is 22.8 Å². The summed E-state index contributed by atoms with van der Waals surface area (Å²) in [6, 6.07) is 9.16. The molecule has 0 atom stereocenters. The molecule has 132 valence electrons. The number of nitrogens with zero attached hydrogens (tertiary/aromatic N) is 1. The summed E-state index contributed by atoms with van der Waals surface area (Å²) in [6.07, 6.45) is 1.62. The zero-order valence-electron chi connectivity index (χ0n) is 15.0. The van der Waals surface area contributed by atoms with Crippen molar-refractivity contribution in [3.63, 3.8) is 0 Å². The Labute approximate surface area is 147 Å². The van der Waals surface area contributed by atoms with Crippen LogP contribution in [0.4, 0.5) is 0 Å². The van der Waals surface area contributed by atoms with Gasteiger partial charge in [0.2, 0.25) is 5.75 Å². The number of hydrogen-bond donors (Lipinski definition) is 1. The van der Waals surface area contributed by atoms with Crippen LogP contribution < -0.4 is 19.6 Å². The highest BCUT2D eigenvalue weighted by atomic mass is 16.5. The van der Waals surface area contributed by atoms with E-state index in [1.807, 2.05) is 26.0 Å². The Morgan fingerprint density at radius 1 is 1.00 bits per heavy atom. The van der Waals surface area contributed by atoms with Gasteiger partial charge in [0.05, 0.1) is 27.5 Å². The van der Waals surface area contributed by atoms with Gasteiger partial charge in [-0.15, -0.1) is 0 Å². The maximum Gasteiger partial charge on any atom is 0.271 e. The van der Waals surface area contributed by atoms with Crippen molar-refractivity contribution in [2.75, 3.05) is 21.3 Å². The first-order valence-electron chi connectivity index (χ1n) is 7.70. The number of methoxy groups -OCH3 is 3. The molecule has 2 aromatic carbocycles. The highest BCUT2D eigenvalue weighted by Crippen LogP contribution is 2.38. The topological polar surface area (TPSA) is 69.2 Å². The summed E-state index contributed by atoms with van der Waals surface area (Å²) < 4.78 is 15.7. The summed E-state index contributed by atoms with van der Waals surface area (Å²) in [4.78, 5) is 12.3. The maximum atomic E-state index is 12.3. The average molecular weight is 342 g/mol. The maximum absolute atomic E-state index is 12.3. The van der Waals surface area contributed by atoms with Crippen LogP contribution in [0.3, 0.4) is 0 Å². The Hall–Kier alpha value is -3.02. The van der Waals surface area contributed by atoms with Crippen LogP contribution in [0.15, 0.2) is 35.4 Å². The van der Waals surface area contributed by atoms with Crippen LogP contribution in [0.1, 0.15) is 27.0 Å². The second-order valence-corrected chi connectivity index (χ2v) is 5.47. The van der Waals surface area contributed by atoms with E-state index in [1.165, 1.54) is 26.9 Å². The average Bonchev–Trinajstić information content (AvgIpc) is 2.61. The third-order valence-corrected chi connectivity index (χ3v) is 3.72. The molecule has 0 unspecified atom stereocenters. The first-order valence-corrected chi connectivity index (χ1v) is 7.70. The molecule has 0 radical (unpaired) electrons. The van der Waals surface area contributed by atoms with Crippen LogP contribution in [-0.2, 0) is 0 Å². The van der Waals surface area contributed by atoms with Crippen molar-refractivity contribution in [2.45, 2.75) is 13.8 Å². The number of ether oxygens (including phenoxy) is 3. The minimum absolute atomic E-state index is 0.354. The molecular weight excluding hydrogens is 320 g/mol. The molecule has 0 heterocycles. The second-order valence-electron chi connectivity index (χ2n) is 5.47. The molecule has 2 aromatic rings. The summed E-state index contributed by atoms with van der Waals surface area (Å²) in [7, 11) is 4.50. The van der Waals surface area contributed by atoms with Crippen LogP contribution in [0.2, 0.25) is 0 Å². The standard InChI is InChI=1S/C19H22N2O4/c1-12-6-7-14(13(2)8-12)11-20-21-19(22)15-9-16(23-3)18(25-5)17(10-15)24-4/h6-11H,1-5H3,(H,21,22)/b20-11+. The molecule has 1 amide bonds. The molecule has 0 fully saturated rings. The molecule has 0 aliphatic rings. The largest absolute Gasteiger partial charge is 0.493 e. The lowest BCUT2D eigenvalue weighted by atomic mass is 10.1. The lowest BCUT2D eigenvalue weighted by Crippen LogP contribution is -2.18. The summed E-state index contributed by atoms with van der Waals surface area (Å²) in [5, 5.41) is 4.02. The number of benzene rings is 2. The predicted molar refractivity (Wildman–Crippen MR) is 97.1 cm³/mol. The quantitative estimate of drug-likeness (QED) is 0.647. The summed E-state index contributed by atoms with van der Waals surface area (Å²) in [6.45, 7) is 4.02. The van der Waals surface area contributed by atoms with Crippen molar-refractivity contribution < 1.29 is 19.0 Å². The van der Waals surface area contributed by atoms with Crippen molar-refractivity contribution in [1.29, 1.82) is 0 Å². The molecule has 0 aromatic heterocycles. The lowest BCUT2D eigenvalue weighted by molar-refractivity contribution is 0.0954. The molecule has 0 bridgehead atoms. The van der Waals surface area contributed by atoms with Crippen LogP contribution in [0, 0.1) is 13.8 Å². The van der Waals surface area contributed by atoms with Gasteiger partial charge in [-0.05, 0) is 37.1 Å². The molecule has 6 nitrogen and oxygen atoms in total. The number of hydrazone groups is 1. The summed E-state index contributed by atoms with van der Waals surface area (Å²) in [5.41, 5.74) is 6.07. The minimum Gasteiger partial charge on any atom is -0.493 e. The highest BCUT2D eigenvalue weighted by Gasteiger charge is 2.16. The van der Waals surface area contributed by atoms with Crippen molar-refractivity contribution in [2.24, 2.45) is 5.10 Å².